The number of nitrogens with one attached hydrogen (secondary N) is 1. The van der Waals surface area contributed by atoms with Gasteiger partial charge in [-0.1, -0.05) is 60.3 Å². The van der Waals surface area contributed by atoms with Crippen molar-refractivity contribution in [3.05, 3.63) is 77.7 Å². The first-order valence-corrected chi connectivity index (χ1v) is 12.1. The van der Waals surface area contributed by atoms with Crippen molar-refractivity contribution in [3.8, 4) is 22.1 Å². The summed E-state index contributed by atoms with van der Waals surface area (Å²) < 4.78 is 7.61. The summed E-state index contributed by atoms with van der Waals surface area (Å²) in [6.45, 7) is 0. The number of aromatic nitrogens is 3. The molecule has 1 aliphatic carbocycles. The topological polar surface area (TPSA) is 69.0 Å². The van der Waals surface area contributed by atoms with E-state index >= 15 is 0 Å². The van der Waals surface area contributed by atoms with Gasteiger partial charge in [-0.15, -0.1) is 21.5 Å². The van der Waals surface area contributed by atoms with Crippen LogP contribution in [-0.2, 0) is 4.79 Å². The third-order valence-corrected chi connectivity index (χ3v) is 7.25. The molecule has 6 nitrogen and oxygen atoms in total. The number of benzene rings is 2. The Balaban J connectivity index is 1.59. The molecule has 162 valence electrons. The van der Waals surface area contributed by atoms with Crippen LogP contribution in [0, 0.1) is 0 Å². The van der Waals surface area contributed by atoms with E-state index in [0.29, 0.717) is 10.9 Å². The smallest absolute Gasteiger partial charge is 0.238 e. The van der Waals surface area contributed by atoms with Crippen LogP contribution >= 0.6 is 23.1 Å². The molecule has 1 N–H and O–H groups in total. The van der Waals surface area contributed by atoms with Crippen molar-refractivity contribution in [3.63, 3.8) is 0 Å². The lowest BCUT2D eigenvalue weighted by Gasteiger charge is -2.18. The molecule has 1 unspecified atom stereocenters. The molecule has 0 spiro atoms. The third-order valence-electron chi connectivity index (χ3n) is 5.19. The van der Waals surface area contributed by atoms with Crippen LogP contribution < -0.4 is 10.1 Å². The van der Waals surface area contributed by atoms with Crippen LogP contribution in [0.4, 0.5) is 0 Å². The first-order valence-electron chi connectivity index (χ1n) is 10.4. The molecule has 1 aliphatic rings. The number of ether oxygens (including phenoxy) is 1. The van der Waals surface area contributed by atoms with Crippen molar-refractivity contribution >= 4 is 29.0 Å². The van der Waals surface area contributed by atoms with Gasteiger partial charge in [0.2, 0.25) is 5.91 Å². The van der Waals surface area contributed by atoms with Crippen molar-refractivity contribution in [2.45, 2.75) is 29.3 Å². The van der Waals surface area contributed by atoms with Crippen LogP contribution in [0.5, 0.6) is 5.75 Å². The maximum absolute atomic E-state index is 13.2. The fourth-order valence-corrected chi connectivity index (χ4v) is 5.21. The monoisotopic (exact) mass is 462 g/mol. The van der Waals surface area contributed by atoms with E-state index in [-0.39, 0.29) is 11.9 Å². The van der Waals surface area contributed by atoms with Gasteiger partial charge in [-0.2, -0.15) is 0 Å². The molecule has 1 fully saturated rings. The highest BCUT2D eigenvalue weighted by Gasteiger charge is 2.31. The van der Waals surface area contributed by atoms with Crippen LogP contribution in [0.1, 0.15) is 23.7 Å². The lowest BCUT2D eigenvalue weighted by Crippen LogP contribution is -2.29. The van der Waals surface area contributed by atoms with E-state index in [1.54, 1.807) is 18.4 Å². The molecule has 0 saturated heterocycles. The molecular formula is C24H22N4O2S2. The number of thiophene rings is 1. The van der Waals surface area contributed by atoms with E-state index in [2.05, 4.69) is 15.5 Å². The summed E-state index contributed by atoms with van der Waals surface area (Å²) in [4.78, 5) is 14.2. The number of rotatable bonds is 8. The molecule has 2 aromatic heterocycles. The number of amides is 1. The number of methoxy groups -OCH3 is 1. The van der Waals surface area contributed by atoms with Crippen LogP contribution in [0.2, 0.25) is 0 Å². The van der Waals surface area contributed by atoms with Gasteiger partial charge < -0.3 is 10.1 Å². The second-order valence-corrected chi connectivity index (χ2v) is 9.50. The van der Waals surface area contributed by atoms with E-state index in [0.717, 1.165) is 34.8 Å². The van der Waals surface area contributed by atoms with Gasteiger partial charge in [0.15, 0.2) is 11.0 Å². The molecule has 2 aromatic carbocycles. The summed E-state index contributed by atoms with van der Waals surface area (Å²) in [6, 6.07) is 21.9. The normalized spacial score (nSPS) is 14.2. The Labute approximate surface area is 194 Å². The van der Waals surface area contributed by atoms with Crippen LogP contribution in [0.3, 0.4) is 0 Å². The minimum absolute atomic E-state index is 0.00375. The molecule has 32 heavy (non-hydrogen) atoms. The third kappa shape index (κ3) is 4.28. The maximum Gasteiger partial charge on any atom is 0.238 e. The Bertz CT molecular complexity index is 1200. The highest BCUT2D eigenvalue weighted by Crippen LogP contribution is 2.40. The number of hydrogen-bond acceptors (Lipinski definition) is 6. The van der Waals surface area contributed by atoms with E-state index in [1.165, 1.54) is 11.8 Å². The lowest BCUT2D eigenvalue weighted by molar-refractivity contribution is -0.120. The van der Waals surface area contributed by atoms with Crippen molar-refractivity contribution in [2.75, 3.05) is 7.11 Å². The highest BCUT2D eigenvalue weighted by atomic mass is 32.2. The first kappa shape index (κ1) is 20.8. The standard InChI is InChI=1S/C24H22N4O2S2/c1-30-19-11-6-5-10-18(19)28-22(20-12-7-15-31-20)26-27-24(28)32-21(16-8-3-2-4-9-16)23(29)25-17-13-14-17/h2-12,15,17,21H,13-14H2,1H3,(H,25,29). The molecular weight excluding hydrogens is 440 g/mol. The van der Waals surface area contributed by atoms with Gasteiger partial charge in [-0.3, -0.25) is 9.36 Å². The molecule has 1 amide bonds. The molecule has 8 heteroatoms. The fourth-order valence-electron chi connectivity index (χ4n) is 3.45. The Hall–Kier alpha value is -3.10. The molecule has 1 saturated carbocycles. The summed E-state index contributed by atoms with van der Waals surface area (Å²) >= 11 is 3.00. The maximum atomic E-state index is 13.2. The molecule has 0 radical (unpaired) electrons. The quantitative estimate of drug-likeness (QED) is 0.368. The predicted molar refractivity (Wildman–Crippen MR) is 127 cm³/mol. The number of nitrogens with zero attached hydrogens (tertiary/aromatic N) is 3. The van der Waals surface area contributed by atoms with Crippen molar-refractivity contribution < 1.29 is 9.53 Å². The lowest BCUT2D eigenvalue weighted by atomic mass is 10.1. The Kier molecular flexibility index (Phi) is 5.96. The van der Waals surface area contributed by atoms with Gasteiger partial charge in [0.25, 0.3) is 0 Å². The molecule has 0 aliphatic heterocycles. The van der Waals surface area contributed by atoms with Crippen molar-refractivity contribution in [1.29, 1.82) is 0 Å². The average Bonchev–Trinajstić information content (AvgIpc) is 3.31. The zero-order valence-electron chi connectivity index (χ0n) is 17.5. The average molecular weight is 463 g/mol. The number of para-hydroxylation sites is 2. The Morgan fingerprint density at radius 2 is 1.88 bits per heavy atom. The van der Waals surface area contributed by atoms with Crippen molar-refractivity contribution in [2.24, 2.45) is 0 Å². The molecule has 5 rings (SSSR count). The Morgan fingerprint density at radius 1 is 1.09 bits per heavy atom. The molecule has 4 aromatic rings. The van der Waals surface area contributed by atoms with E-state index in [1.807, 2.05) is 76.7 Å². The number of hydrogen-bond donors (Lipinski definition) is 1. The van der Waals surface area contributed by atoms with E-state index in [9.17, 15) is 4.79 Å². The van der Waals surface area contributed by atoms with Crippen LogP contribution in [0.25, 0.3) is 16.4 Å². The minimum atomic E-state index is -0.439. The van der Waals surface area contributed by atoms with E-state index in [4.69, 9.17) is 4.74 Å². The Morgan fingerprint density at radius 3 is 2.59 bits per heavy atom. The molecule has 0 bridgehead atoms. The summed E-state index contributed by atoms with van der Waals surface area (Å²) in [5.74, 6) is 1.43. The van der Waals surface area contributed by atoms with Crippen LogP contribution in [0.15, 0.2) is 77.3 Å². The summed E-state index contributed by atoms with van der Waals surface area (Å²) in [7, 11) is 1.65. The predicted octanol–water partition coefficient (Wildman–Crippen LogP) is 5.12. The highest BCUT2D eigenvalue weighted by molar-refractivity contribution is 8.00. The van der Waals surface area contributed by atoms with Crippen molar-refractivity contribution in [1.82, 2.24) is 20.1 Å². The second-order valence-electron chi connectivity index (χ2n) is 7.48. The molecule has 2 heterocycles. The largest absolute Gasteiger partial charge is 0.495 e. The SMILES string of the molecule is COc1ccccc1-n1c(SC(C(=O)NC2CC2)c2ccccc2)nnc1-c1cccs1. The van der Waals surface area contributed by atoms with E-state index < -0.39 is 5.25 Å². The zero-order chi connectivity index (χ0) is 21.9. The number of carbonyl (C=O) groups excluding carboxylic acids is 1. The van der Waals surface area contributed by atoms with Gasteiger partial charge in [0, 0.05) is 6.04 Å². The van der Waals surface area contributed by atoms with Gasteiger partial charge in [0.1, 0.15) is 11.0 Å². The van der Waals surface area contributed by atoms with Gasteiger partial charge in [-0.25, -0.2) is 0 Å². The zero-order valence-corrected chi connectivity index (χ0v) is 19.1. The van der Waals surface area contributed by atoms with Crippen LogP contribution in [-0.4, -0.2) is 33.8 Å². The summed E-state index contributed by atoms with van der Waals surface area (Å²) in [5, 5.41) is 14.4. The molecule has 1 atom stereocenters. The van der Waals surface area contributed by atoms with Gasteiger partial charge in [-0.05, 0) is 42.0 Å². The minimum Gasteiger partial charge on any atom is -0.495 e. The second kappa shape index (κ2) is 9.18. The fraction of sp³-hybridized carbons (Fsp3) is 0.208. The summed E-state index contributed by atoms with van der Waals surface area (Å²) in [5.41, 5.74) is 1.77. The number of thioether (sulfide) groups is 1. The van der Waals surface area contributed by atoms with Gasteiger partial charge >= 0.3 is 0 Å². The van der Waals surface area contributed by atoms with Gasteiger partial charge in [0.05, 0.1) is 17.7 Å². The number of carbonyl (C=O) groups is 1. The summed E-state index contributed by atoms with van der Waals surface area (Å²) in [6.07, 6.45) is 2.08. The first-order chi connectivity index (χ1) is 15.7.